The number of aryl methyl sites for hydroxylation is 2. The number of methoxy groups -OCH3 is 2. The van der Waals surface area contributed by atoms with Crippen LogP contribution in [0.4, 0.5) is 5.69 Å². The molecule has 0 radical (unpaired) electrons. The monoisotopic (exact) mass is 515 g/mol. The number of amides is 2. The van der Waals surface area contributed by atoms with Crippen LogP contribution in [0.25, 0.3) is 6.08 Å². The highest BCUT2D eigenvalue weighted by Crippen LogP contribution is 2.31. The highest BCUT2D eigenvalue weighted by atomic mass is 32.2. The molecule has 0 aliphatic carbocycles. The summed E-state index contributed by atoms with van der Waals surface area (Å²) in [5.74, 6) is 1.15. The van der Waals surface area contributed by atoms with Crippen molar-refractivity contribution in [2.45, 2.75) is 20.4 Å². The van der Waals surface area contributed by atoms with E-state index in [-0.39, 0.29) is 17.6 Å². The maximum atomic E-state index is 13.5. The summed E-state index contributed by atoms with van der Waals surface area (Å²) in [6.07, 6.45) is 1.74. The fourth-order valence-electron chi connectivity index (χ4n) is 3.98. The molecule has 3 aromatic carbocycles. The second kappa shape index (κ2) is 11.8. The molecule has 0 atom stereocenters. The lowest BCUT2D eigenvalue weighted by molar-refractivity contribution is -0.118. The lowest BCUT2D eigenvalue weighted by Gasteiger charge is -2.19. The molecule has 0 bridgehead atoms. The molecule has 0 saturated carbocycles. The summed E-state index contributed by atoms with van der Waals surface area (Å²) in [5, 5.41) is 3.38. The van der Waals surface area contributed by atoms with E-state index < -0.39 is 0 Å². The molecule has 0 aromatic heterocycles. The van der Waals surface area contributed by atoms with E-state index in [2.05, 4.69) is 10.3 Å². The Bertz CT molecular complexity index is 1350. The van der Waals surface area contributed by atoms with E-state index >= 15 is 0 Å². The average molecular weight is 516 g/mol. The van der Waals surface area contributed by atoms with Gasteiger partial charge in [-0.15, -0.1) is 0 Å². The molecule has 0 fully saturated rings. The highest BCUT2D eigenvalue weighted by Gasteiger charge is 2.32. The number of aliphatic imine (C=N–C) groups is 1. The predicted molar refractivity (Wildman–Crippen MR) is 149 cm³/mol. The number of thioether (sulfide) groups is 1. The maximum absolute atomic E-state index is 13.5. The molecule has 4 rings (SSSR count). The van der Waals surface area contributed by atoms with Crippen molar-refractivity contribution < 1.29 is 19.1 Å². The van der Waals surface area contributed by atoms with E-state index in [9.17, 15) is 9.59 Å². The Kier molecular flexibility index (Phi) is 8.30. The zero-order chi connectivity index (χ0) is 26.4. The number of anilines is 1. The van der Waals surface area contributed by atoms with Crippen molar-refractivity contribution in [2.24, 2.45) is 4.99 Å². The Hall–Kier alpha value is -4.04. The number of nitrogens with zero attached hydrogens (tertiary/aromatic N) is 2. The van der Waals surface area contributed by atoms with Gasteiger partial charge in [0.25, 0.3) is 5.91 Å². The van der Waals surface area contributed by atoms with Crippen molar-refractivity contribution in [1.29, 1.82) is 0 Å². The Labute approximate surface area is 221 Å². The van der Waals surface area contributed by atoms with Gasteiger partial charge in [0.1, 0.15) is 17.2 Å². The van der Waals surface area contributed by atoms with Crippen LogP contribution in [-0.2, 0) is 16.1 Å². The molecule has 0 spiro atoms. The van der Waals surface area contributed by atoms with Gasteiger partial charge < -0.3 is 14.8 Å². The van der Waals surface area contributed by atoms with Gasteiger partial charge >= 0.3 is 0 Å². The van der Waals surface area contributed by atoms with Gasteiger partial charge in [-0.1, -0.05) is 48.2 Å². The van der Waals surface area contributed by atoms with Crippen LogP contribution >= 0.6 is 11.8 Å². The molecule has 1 heterocycles. The Morgan fingerprint density at radius 1 is 1.00 bits per heavy atom. The number of rotatable bonds is 8. The topological polar surface area (TPSA) is 80.2 Å². The minimum Gasteiger partial charge on any atom is -0.497 e. The summed E-state index contributed by atoms with van der Waals surface area (Å²) >= 11 is 1.23. The Morgan fingerprint density at radius 3 is 2.38 bits per heavy atom. The van der Waals surface area contributed by atoms with Crippen LogP contribution in [0.2, 0.25) is 0 Å². The van der Waals surface area contributed by atoms with Crippen molar-refractivity contribution in [1.82, 2.24) is 5.32 Å². The van der Waals surface area contributed by atoms with Gasteiger partial charge in [-0.2, -0.15) is 0 Å². The van der Waals surface area contributed by atoms with Crippen molar-refractivity contribution in [2.75, 3.05) is 24.9 Å². The van der Waals surface area contributed by atoms with Crippen LogP contribution in [0.15, 0.2) is 77.4 Å². The van der Waals surface area contributed by atoms with E-state index in [4.69, 9.17) is 9.47 Å². The van der Waals surface area contributed by atoms with Gasteiger partial charge in [-0.25, -0.2) is 4.99 Å². The zero-order valence-corrected chi connectivity index (χ0v) is 22.1. The van der Waals surface area contributed by atoms with Crippen molar-refractivity contribution in [3.63, 3.8) is 0 Å². The van der Waals surface area contributed by atoms with E-state index in [1.54, 1.807) is 25.2 Å². The van der Waals surface area contributed by atoms with E-state index in [1.807, 2.05) is 80.6 Å². The van der Waals surface area contributed by atoms with Crippen LogP contribution in [0.3, 0.4) is 0 Å². The number of benzene rings is 3. The van der Waals surface area contributed by atoms with Crippen LogP contribution in [0.1, 0.15) is 22.3 Å². The van der Waals surface area contributed by atoms with Crippen LogP contribution < -0.4 is 19.7 Å². The van der Waals surface area contributed by atoms with Gasteiger partial charge in [0.05, 0.1) is 25.7 Å². The fraction of sp³-hybridized carbons (Fsp3) is 0.207. The quantitative estimate of drug-likeness (QED) is 0.422. The summed E-state index contributed by atoms with van der Waals surface area (Å²) in [4.78, 5) is 32.4. The van der Waals surface area contributed by atoms with E-state index in [0.29, 0.717) is 17.4 Å². The number of hydrogen-bond donors (Lipinski definition) is 1. The number of carbonyl (C=O) groups excluding carboxylic acids is 2. The summed E-state index contributed by atoms with van der Waals surface area (Å²) in [6, 6.07) is 20.9. The van der Waals surface area contributed by atoms with Crippen molar-refractivity contribution in [3.8, 4) is 11.5 Å². The molecule has 7 nitrogen and oxygen atoms in total. The maximum Gasteiger partial charge on any atom is 0.283 e. The molecule has 8 heteroatoms. The smallest absolute Gasteiger partial charge is 0.283 e. The predicted octanol–water partition coefficient (Wildman–Crippen LogP) is 5.11. The number of nitrogens with one attached hydrogen (secondary N) is 1. The molecular formula is C29H29N3O4S. The first-order valence-corrected chi connectivity index (χ1v) is 12.7. The van der Waals surface area contributed by atoms with Gasteiger partial charge in [0.15, 0.2) is 5.17 Å². The lowest BCUT2D eigenvalue weighted by Crippen LogP contribution is -2.32. The van der Waals surface area contributed by atoms with Crippen LogP contribution in [0, 0.1) is 13.8 Å². The van der Waals surface area contributed by atoms with Crippen molar-refractivity contribution >= 4 is 40.5 Å². The molecule has 37 heavy (non-hydrogen) atoms. The third-order valence-electron chi connectivity index (χ3n) is 5.71. The molecule has 1 aliphatic rings. The van der Waals surface area contributed by atoms with Gasteiger partial charge in [0.2, 0.25) is 5.91 Å². The first-order chi connectivity index (χ1) is 17.9. The third-order valence-corrected chi connectivity index (χ3v) is 6.65. The summed E-state index contributed by atoms with van der Waals surface area (Å²) in [5.41, 5.74) is 4.82. The van der Waals surface area contributed by atoms with Gasteiger partial charge in [-0.3, -0.25) is 14.5 Å². The second-order valence-corrected chi connectivity index (χ2v) is 9.50. The zero-order valence-electron chi connectivity index (χ0n) is 21.3. The van der Waals surface area contributed by atoms with E-state index in [0.717, 1.165) is 39.4 Å². The Balaban J connectivity index is 1.54. The molecule has 1 N–H and O–H groups in total. The average Bonchev–Trinajstić information content (AvgIpc) is 3.20. The minimum absolute atomic E-state index is 0.110. The van der Waals surface area contributed by atoms with Crippen molar-refractivity contribution in [3.05, 3.63) is 94.7 Å². The SMILES string of the molecule is COc1ccc(/C=C2\N=C(SCC(=O)NCc3ccccc3OC)N(c3cc(C)cc(C)c3)C2=O)cc1. The molecule has 190 valence electrons. The normalized spacial score (nSPS) is 14.1. The van der Waals surface area contributed by atoms with Gasteiger partial charge in [0, 0.05) is 12.1 Å². The first-order valence-electron chi connectivity index (χ1n) is 11.8. The van der Waals surface area contributed by atoms with Crippen LogP contribution in [0.5, 0.6) is 11.5 Å². The number of hydrogen-bond acceptors (Lipinski definition) is 6. The Morgan fingerprint density at radius 2 is 1.70 bits per heavy atom. The molecule has 1 aliphatic heterocycles. The first kappa shape index (κ1) is 26.0. The van der Waals surface area contributed by atoms with Crippen LogP contribution in [-0.4, -0.2) is 37.0 Å². The summed E-state index contributed by atoms with van der Waals surface area (Å²) < 4.78 is 10.6. The molecule has 2 amide bonds. The number of para-hydroxylation sites is 1. The molecular weight excluding hydrogens is 486 g/mol. The van der Waals surface area contributed by atoms with E-state index in [1.165, 1.54) is 11.8 Å². The summed E-state index contributed by atoms with van der Waals surface area (Å²) in [7, 11) is 3.21. The standard InChI is InChI=1S/C29H29N3O4S/c1-19-13-20(2)15-23(14-19)32-28(34)25(16-21-9-11-24(35-3)12-10-21)31-29(32)37-18-27(33)30-17-22-7-5-6-8-26(22)36-4/h5-16H,17-18H2,1-4H3,(H,30,33)/b25-16-. The molecule has 0 saturated heterocycles. The number of ether oxygens (including phenoxy) is 2. The third kappa shape index (κ3) is 6.40. The lowest BCUT2D eigenvalue weighted by atomic mass is 10.1. The summed E-state index contributed by atoms with van der Waals surface area (Å²) in [6.45, 7) is 4.32. The largest absolute Gasteiger partial charge is 0.497 e. The minimum atomic E-state index is -0.238. The molecule has 0 unspecified atom stereocenters. The number of carbonyl (C=O) groups is 2. The molecule has 3 aromatic rings. The highest BCUT2D eigenvalue weighted by molar-refractivity contribution is 8.14. The number of amidine groups is 1. The second-order valence-electron chi connectivity index (χ2n) is 8.56. The van der Waals surface area contributed by atoms with Gasteiger partial charge in [-0.05, 0) is 66.9 Å². The fourth-order valence-corrected chi connectivity index (χ4v) is 4.83.